The number of anilines is 1. The van der Waals surface area contributed by atoms with Gasteiger partial charge in [-0.3, -0.25) is 0 Å². The smallest absolute Gasteiger partial charge is 0.151 e. The molecule has 4 nitrogen and oxygen atoms in total. The highest BCUT2D eigenvalue weighted by Gasteiger charge is 2.12. The minimum atomic E-state index is -0.453. The highest BCUT2D eigenvalue weighted by Crippen LogP contribution is 2.27. The van der Waals surface area contributed by atoms with Gasteiger partial charge in [0, 0.05) is 12.6 Å². The maximum absolute atomic E-state index is 13.5. The highest BCUT2D eigenvalue weighted by atomic mass is 19.1. The van der Waals surface area contributed by atoms with Gasteiger partial charge in [-0.05, 0) is 43.2 Å². The van der Waals surface area contributed by atoms with Crippen LogP contribution in [-0.4, -0.2) is 17.2 Å². The fourth-order valence-corrected chi connectivity index (χ4v) is 1.91. The molecule has 0 aliphatic carbocycles. The zero-order valence-electron chi connectivity index (χ0n) is 11.0. The minimum Gasteiger partial charge on any atom is -0.371 e. The van der Waals surface area contributed by atoms with E-state index in [9.17, 15) is 4.39 Å². The van der Waals surface area contributed by atoms with Crippen molar-refractivity contribution in [3.63, 3.8) is 0 Å². The van der Waals surface area contributed by atoms with Crippen molar-refractivity contribution in [2.75, 3.05) is 12.4 Å². The molecule has 1 N–H and O–H groups in total. The normalized spacial score (nSPS) is 10.1. The van der Waals surface area contributed by atoms with Crippen molar-refractivity contribution in [3.8, 4) is 17.3 Å². The van der Waals surface area contributed by atoms with Crippen LogP contribution < -0.4 is 5.32 Å². The standard InChI is InChI=1S/C14H13FN4/c1-8-9(2)14(17-3)19-18-13(8)11-4-10(7-16)5-12(15)6-11/h4-6H,1-3H3,(H,17,19). The predicted molar refractivity (Wildman–Crippen MR) is 71.2 cm³/mol. The van der Waals surface area contributed by atoms with Gasteiger partial charge in [0.2, 0.25) is 0 Å². The topological polar surface area (TPSA) is 61.6 Å². The molecule has 2 aromatic rings. The summed E-state index contributed by atoms with van der Waals surface area (Å²) < 4.78 is 13.5. The van der Waals surface area contributed by atoms with E-state index in [1.165, 1.54) is 12.1 Å². The van der Waals surface area contributed by atoms with Gasteiger partial charge in [0.05, 0.1) is 17.3 Å². The average molecular weight is 256 g/mol. The Morgan fingerprint density at radius 2 is 1.89 bits per heavy atom. The van der Waals surface area contributed by atoms with Gasteiger partial charge in [-0.25, -0.2) is 4.39 Å². The summed E-state index contributed by atoms with van der Waals surface area (Å²) in [6, 6.07) is 6.10. The Morgan fingerprint density at radius 1 is 1.16 bits per heavy atom. The van der Waals surface area contributed by atoms with Crippen LogP contribution in [0.2, 0.25) is 0 Å². The van der Waals surface area contributed by atoms with Crippen molar-refractivity contribution < 1.29 is 4.39 Å². The summed E-state index contributed by atoms with van der Waals surface area (Å²) in [5.41, 5.74) is 3.29. The fourth-order valence-electron chi connectivity index (χ4n) is 1.91. The van der Waals surface area contributed by atoms with Crippen LogP contribution in [0.25, 0.3) is 11.3 Å². The van der Waals surface area contributed by atoms with E-state index in [1.807, 2.05) is 19.9 Å². The molecule has 0 atom stereocenters. The summed E-state index contributed by atoms with van der Waals surface area (Å²) >= 11 is 0. The first-order valence-electron chi connectivity index (χ1n) is 5.79. The molecule has 2 rings (SSSR count). The molecule has 1 heterocycles. The summed E-state index contributed by atoms with van der Waals surface area (Å²) in [6.45, 7) is 3.82. The summed E-state index contributed by atoms with van der Waals surface area (Å²) in [5, 5.41) is 20.0. The van der Waals surface area contributed by atoms with Crippen LogP contribution in [0.4, 0.5) is 10.2 Å². The molecule has 96 valence electrons. The molecule has 0 radical (unpaired) electrons. The molecule has 5 heteroatoms. The van der Waals surface area contributed by atoms with E-state index in [0.29, 0.717) is 17.1 Å². The number of rotatable bonds is 2. The van der Waals surface area contributed by atoms with Crippen molar-refractivity contribution >= 4 is 5.82 Å². The van der Waals surface area contributed by atoms with Gasteiger partial charge in [-0.1, -0.05) is 0 Å². The first-order valence-corrected chi connectivity index (χ1v) is 5.79. The summed E-state index contributed by atoms with van der Waals surface area (Å²) in [4.78, 5) is 0. The zero-order valence-corrected chi connectivity index (χ0v) is 11.0. The second-order valence-corrected chi connectivity index (χ2v) is 4.24. The maximum atomic E-state index is 13.5. The molecule has 0 bridgehead atoms. The summed E-state index contributed by atoms with van der Waals surface area (Å²) in [5.74, 6) is 0.240. The molecule has 0 aliphatic heterocycles. The largest absolute Gasteiger partial charge is 0.371 e. The first kappa shape index (κ1) is 13.0. The molecule has 0 spiro atoms. The molecule has 0 unspecified atom stereocenters. The molecule has 0 aliphatic rings. The quantitative estimate of drug-likeness (QED) is 0.897. The van der Waals surface area contributed by atoms with Gasteiger partial charge < -0.3 is 5.32 Å². The Labute approximate surface area is 110 Å². The summed E-state index contributed by atoms with van der Waals surface area (Å²) in [7, 11) is 1.77. The van der Waals surface area contributed by atoms with Crippen molar-refractivity contribution in [1.29, 1.82) is 5.26 Å². The number of nitrogens with one attached hydrogen (secondary N) is 1. The van der Waals surface area contributed by atoms with Crippen molar-refractivity contribution in [3.05, 3.63) is 40.7 Å². The van der Waals surface area contributed by atoms with Gasteiger partial charge in [0.15, 0.2) is 5.82 Å². The number of halogens is 1. The Kier molecular flexibility index (Phi) is 3.43. The second-order valence-electron chi connectivity index (χ2n) is 4.24. The van der Waals surface area contributed by atoms with Gasteiger partial charge in [-0.2, -0.15) is 5.26 Å². The van der Waals surface area contributed by atoms with E-state index in [2.05, 4.69) is 15.5 Å². The van der Waals surface area contributed by atoms with Crippen LogP contribution in [0.15, 0.2) is 18.2 Å². The van der Waals surface area contributed by atoms with Crippen LogP contribution in [0.5, 0.6) is 0 Å². The monoisotopic (exact) mass is 256 g/mol. The van der Waals surface area contributed by atoms with Crippen LogP contribution in [0, 0.1) is 31.0 Å². The number of nitriles is 1. The van der Waals surface area contributed by atoms with Gasteiger partial charge in [0.1, 0.15) is 5.82 Å². The lowest BCUT2D eigenvalue weighted by Gasteiger charge is -2.11. The lowest BCUT2D eigenvalue weighted by molar-refractivity contribution is 0.627. The lowest BCUT2D eigenvalue weighted by Crippen LogP contribution is -2.03. The van der Waals surface area contributed by atoms with E-state index >= 15 is 0 Å². The van der Waals surface area contributed by atoms with Gasteiger partial charge >= 0.3 is 0 Å². The van der Waals surface area contributed by atoms with E-state index in [4.69, 9.17) is 5.26 Å². The van der Waals surface area contributed by atoms with Crippen LogP contribution in [0.1, 0.15) is 16.7 Å². The Bertz CT molecular complexity index is 674. The fraction of sp³-hybridized carbons (Fsp3) is 0.214. The van der Waals surface area contributed by atoms with Crippen molar-refractivity contribution in [2.45, 2.75) is 13.8 Å². The van der Waals surface area contributed by atoms with E-state index in [0.717, 1.165) is 11.1 Å². The van der Waals surface area contributed by atoms with Crippen molar-refractivity contribution in [2.24, 2.45) is 0 Å². The molecular weight excluding hydrogens is 243 g/mol. The highest BCUT2D eigenvalue weighted by molar-refractivity contribution is 5.67. The third kappa shape index (κ3) is 2.38. The third-order valence-electron chi connectivity index (χ3n) is 3.06. The van der Waals surface area contributed by atoms with E-state index < -0.39 is 5.82 Å². The number of hydrogen-bond donors (Lipinski definition) is 1. The molecule has 1 aromatic carbocycles. The Balaban J connectivity index is 2.63. The van der Waals surface area contributed by atoms with Crippen LogP contribution >= 0.6 is 0 Å². The van der Waals surface area contributed by atoms with E-state index in [1.54, 1.807) is 13.1 Å². The molecule has 1 aromatic heterocycles. The lowest BCUT2D eigenvalue weighted by atomic mass is 10.0. The van der Waals surface area contributed by atoms with Gasteiger partial charge in [0.25, 0.3) is 0 Å². The van der Waals surface area contributed by atoms with Crippen molar-refractivity contribution in [1.82, 2.24) is 10.2 Å². The van der Waals surface area contributed by atoms with Gasteiger partial charge in [-0.15, -0.1) is 10.2 Å². The SMILES string of the molecule is CNc1nnc(-c2cc(F)cc(C#N)c2)c(C)c1C. The minimum absolute atomic E-state index is 0.270. The van der Waals surface area contributed by atoms with Crippen LogP contribution in [0.3, 0.4) is 0 Å². The Morgan fingerprint density at radius 3 is 2.53 bits per heavy atom. The summed E-state index contributed by atoms with van der Waals surface area (Å²) in [6.07, 6.45) is 0. The maximum Gasteiger partial charge on any atom is 0.151 e. The Hall–Kier alpha value is -2.48. The third-order valence-corrected chi connectivity index (χ3v) is 3.06. The predicted octanol–water partition coefficient (Wildman–Crippen LogP) is 2.81. The molecule has 0 saturated heterocycles. The van der Waals surface area contributed by atoms with Crippen LogP contribution in [-0.2, 0) is 0 Å². The number of benzene rings is 1. The molecule has 19 heavy (non-hydrogen) atoms. The number of hydrogen-bond acceptors (Lipinski definition) is 4. The van der Waals surface area contributed by atoms with E-state index in [-0.39, 0.29) is 5.56 Å². The molecule has 0 saturated carbocycles. The molecular formula is C14H13FN4. The molecule has 0 amide bonds. The first-order chi connectivity index (χ1) is 9.06. The number of aromatic nitrogens is 2. The average Bonchev–Trinajstić information content (AvgIpc) is 2.41. The number of nitrogens with zero attached hydrogens (tertiary/aromatic N) is 3. The zero-order chi connectivity index (χ0) is 14.0. The second kappa shape index (κ2) is 5.02. The molecule has 0 fully saturated rings.